The van der Waals surface area contributed by atoms with Gasteiger partial charge >= 0.3 is 24.7 Å². The van der Waals surface area contributed by atoms with Crippen LogP contribution < -0.4 is 26.0 Å². The maximum absolute atomic E-state index is 14.0. The standard InChI is InChI=1S/C28H32F3N3O.C26H30F3N3O2.2C26H30F3N3O/c29-28(30,31)21-13-19-17-34(12-10-24(19)32-16-21)26(35)27-11-4-7-20(27)14-22(15-27)33-25-9-3-6-18-5-1-2-8-23(18)25;1-34-22-6-4-17(5-7-22)14-30-21-12-19-3-2-9-25(19,13-21)24(33)32-10-8-23-18(16-32)11-20(15-31-23)26(27,28)29;1-17-4-2-5-18(10-17)14-30-22-12-20-6-3-8-25(20,13-22)24(33)32-9-7-23-19(16-32)11-21(15-31-23)26(27,28)29;1-17-4-6-18(7-5-17)14-30-22-12-20-3-2-9-25(20,13-22)24(33)32-10-8-23-19(16-32)11-21(15-31-23)26(27,28)29/h1-2,5,8,13,16,20,22,25,33H,3-4,6-7,9-12,14-15,17H2;4-7,11,15,19,21,30H,2-3,8-10,12-14,16H2,1H3;2,4-5,10-11,15,20,22,30H,3,6-9,12-14,16H2,1H3;4-7,11,15,20,22,30H,2-3,8-10,12-14,16H2,1H3. The van der Waals surface area contributed by atoms with Crippen molar-refractivity contribution in [2.45, 2.75) is 288 Å². The van der Waals surface area contributed by atoms with Gasteiger partial charge in [-0.3, -0.25) is 39.1 Å². The van der Waals surface area contributed by atoms with Crippen LogP contribution in [0.1, 0.15) is 254 Å². The molecule has 29 heteroatoms. The number of hydrogen-bond donors (Lipinski definition) is 4. The molecule has 8 heterocycles. The lowest BCUT2D eigenvalue weighted by Gasteiger charge is -2.37. The average molecular weight is 1870 g/mol. The van der Waals surface area contributed by atoms with Crippen LogP contribution in [0.2, 0.25) is 0 Å². The molecule has 17 nitrogen and oxygen atoms in total. The van der Waals surface area contributed by atoms with Crippen LogP contribution in [0.15, 0.2) is 146 Å². The van der Waals surface area contributed by atoms with Crippen molar-refractivity contribution in [1.29, 1.82) is 0 Å². The predicted octanol–water partition coefficient (Wildman–Crippen LogP) is 20.4. The summed E-state index contributed by atoms with van der Waals surface area (Å²) in [7, 11) is 1.65. The Balaban J connectivity index is 0.000000120. The highest BCUT2D eigenvalue weighted by molar-refractivity contribution is 5.86. The minimum Gasteiger partial charge on any atom is -0.497 e. The van der Waals surface area contributed by atoms with Gasteiger partial charge < -0.3 is 45.6 Å². The van der Waals surface area contributed by atoms with E-state index in [1.807, 2.05) is 29.2 Å². The molecule has 0 radical (unpaired) electrons. The van der Waals surface area contributed by atoms with Crippen LogP contribution in [-0.4, -0.2) is 121 Å². The Morgan fingerprint density at radius 2 is 0.711 bits per heavy atom. The van der Waals surface area contributed by atoms with E-state index in [2.05, 4.69) is 128 Å². The molecule has 4 aromatic carbocycles. The summed E-state index contributed by atoms with van der Waals surface area (Å²) in [4.78, 5) is 78.8. The van der Waals surface area contributed by atoms with E-state index in [0.717, 1.165) is 191 Å². The number of aromatic nitrogens is 4. The Kier molecular flexibility index (Phi) is 27.5. The summed E-state index contributed by atoms with van der Waals surface area (Å²) in [6.07, 6.45) is 10.5. The molecule has 4 aromatic heterocycles. The summed E-state index contributed by atoms with van der Waals surface area (Å²) in [5, 5.41) is 14.9. The van der Waals surface area contributed by atoms with Crippen LogP contribution in [0.25, 0.3) is 0 Å². The molecule has 8 saturated carbocycles. The number of carbonyl (C=O) groups is 4. The number of nitrogens with zero attached hydrogens (tertiary/aromatic N) is 8. The third-order valence-corrected chi connectivity index (χ3v) is 32.8. The maximum Gasteiger partial charge on any atom is 0.417 e. The van der Waals surface area contributed by atoms with Crippen LogP contribution >= 0.6 is 0 Å². The average Bonchev–Trinajstić information content (AvgIpc) is 1.61. The van der Waals surface area contributed by atoms with E-state index in [1.165, 1.54) is 69.6 Å². The third kappa shape index (κ3) is 20.3. The van der Waals surface area contributed by atoms with E-state index < -0.39 is 52.4 Å². The van der Waals surface area contributed by atoms with Gasteiger partial charge in [-0.25, -0.2) is 0 Å². The van der Waals surface area contributed by atoms with Gasteiger partial charge in [-0.15, -0.1) is 0 Å². The topological polar surface area (TPSA) is 190 Å². The van der Waals surface area contributed by atoms with E-state index >= 15 is 0 Å². The van der Waals surface area contributed by atoms with Crippen molar-refractivity contribution in [2.75, 3.05) is 33.3 Å². The number of amides is 4. The fraction of sp³-hybridized carbons (Fsp3) is 0.547. The number of hydrogen-bond acceptors (Lipinski definition) is 13. The van der Waals surface area contributed by atoms with Crippen LogP contribution in [0.4, 0.5) is 52.7 Å². The minimum absolute atomic E-state index is 0.117. The second kappa shape index (κ2) is 38.9. The normalized spacial score (nSPS) is 27.5. The number of halogens is 12. The Hall–Kier alpha value is -9.84. The van der Waals surface area contributed by atoms with E-state index in [1.54, 1.807) is 21.8 Å². The number of methoxy groups -OCH3 is 1. The van der Waals surface area contributed by atoms with Crippen molar-refractivity contribution in [3.63, 3.8) is 0 Å². The summed E-state index contributed by atoms with van der Waals surface area (Å²) >= 11 is 0. The SMILES string of the molecule is COc1ccc(CNC2CC3CCCC3(C(=O)N3CCc4ncc(C(F)(F)F)cc4C3)C2)cc1.Cc1ccc(CNC2CC3CCCC3(C(=O)N3CCc4ncc(C(F)(F)F)cc4C3)C2)cc1.Cc1cccc(CNC2CC3CCCC3(C(=O)N3CCc4ncc(C(F)(F)F)cc4C3)C2)c1.O=C(N1CCc2ncc(C(F)(F)F)cc2C1)C12CCCC1CC(NC1CCCc3ccccc31)C2. The van der Waals surface area contributed by atoms with Gasteiger partial charge in [0.05, 0.1) is 51.0 Å². The summed E-state index contributed by atoms with van der Waals surface area (Å²) in [6, 6.07) is 39.7. The van der Waals surface area contributed by atoms with Crippen molar-refractivity contribution in [3.8, 4) is 5.75 Å². The number of rotatable bonds is 16. The van der Waals surface area contributed by atoms with E-state index in [9.17, 15) is 71.9 Å². The number of aryl methyl sites for hydroxylation is 3. The highest BCUT2D eigenvalue weighted by Gasteiger charge is 2.61. The zero-order valence-corrected chi connectivity index (χ0v) is 77.1. The molecule has 135 heavy (non-hydrogen) atoms. The lowest BCUT2D eigenvalue weighted by molar-refractivity contribution is -0.145. The number of nitrogens with one attached hydrogen (secondary N) is 4. The fourth-order valence-corrected chi connectivity index (χ4v) is 26.1. The molecule has 13 unspecified atom stereocenters. The van der Waals surface area contributed by atoms with Crippen LogP contribution in [0.5, 0.6) is 5.75 Å². The first-order chi connectivity index (χ1) is 64.6. The molecule has 4 amide bonds. The Bertz CT molecular complexity index is 5640. The molecule has 0 saturated heterocycles. The molecule has 0 spiro atoms. The van der Waals surface area contributed by atoms with Crippen LogP contribution in [0, 0.1) is 59.2 Å². The summed E-state index contributed by atoms with van der Waals surface area (Å²) in [6.45, 7) is 9.45. The van der Waals surface area contributed by atoms with E-state index in [-0.39, 0.29) is 84.2 Å². The van der Waals surface area contributed by atoms with E-state index in [4.69, 9.17) is 4.74 Å². The lowest BCUT2D eigenvalue weighted by atomic mass is 9.78. The minimum atomic E-state index is -4.43. The second-order valence-corrected chi connectivity index (χ2v) is 41.0. The molecule has 720 valence electrons. The molecule has 4 N–H and O–H groups in total. The van der Waals surface area contributed by atoms with Gasteiger partial charge in [0, 0.05) is 175 Å². The van der Waals surface area contributed by atoms with Crippen molar-refractivity contribution >= 4 is 23.6 Å². The van der Waals surface area contributed by atoms with Gasteiger partial charge in [-0.1, -0.05) is 122 Å². The molecule has 4 aliphatic heterocycles. The fourth-order valence-electron chi connectivity index (χ4n) is 26.1. The van der Waals surface area contributed by atoms with Gasteiger partial charge in [-0.2, -0.15) is 52.7 Å². The van der Waals surface area contributed by atoms with Gasteiger partial charge in [0.1, 0.15) is 5.75 Å². The molecule has 8 fully saturated rings. The zero-order valence-electron chi connectivity index (χ0n) is 77.1. The Morgan fingerprint density at radius 3 is 1.07 bits per heavy atom. The molecule has 13 atom stereocenters. The molecule has 21 rings (SSSR count). The Morgan fingerprint density at radius 1 is 0.370 bits per heavy atom. The van der Waals surface area contributed by atoms with Crippen molar-refractivity contribution in [2.24, 2.45) is 45.3 Å². The first-order valence-electron chi connectivity index (χ1n) is 48.8. The molecule has 8 aromatic rings. The number of benzene rings is 4. The predicted molar refractivity (Wildman–Crippen MR) is 486 cm³/mol. The van der Waals surface area contributed by atoms with Crippen LogP contribution in [-0.2, 0) is 122 Å². The highest BCUT2D eigenvalue weighted by atomic mass is 19.4. The molecule has 9 aliphatic carbocycles. The number of pyridine rings is 4. The van der Waals surface area contributed by atoms with Crippen molar-refractivity contribution in [1.82, 2.24) is 60.8 Å². The van der Waals surface area contributed by atoms with E-state index in [0.29, 0.717) is 133 Å². The van der Waals surface area contributed by atoms with Crippen LogP contribution in [0.3, 0.4) is 0 Å². The van der Waals surface area contributed by atoms with Gasteiger partial charge in [-0.05, 0) is 246 Å². The molecule has 0 bridgehead atoms. The van der Waals surface area contributed by atoms with Crippen molar-refractivity contribution in [3.05, 3.63) is 252 Å². The molecule has 13 aliphatic rings. The smallest absolute Gasteiger partial charge is 0.417 e. The lowest BCUT2D eigenvalue weighted by Crippen LogP contribution is -2.47. The zero-order chi connectivity index (χ0) is 94.6. The third-order valence-electron chi connectivity index (χ3n) is 32.8. The van der Waals surface area contributed by atoms with Crippen molar-refractivity contribution < 1.29 is 76.6 Å². The molecular weight excluding hydrogens is 1750 g/mol. The van der Waals surface area contributed by atoms with Gasteiger partial charge in [0.2, 0.25) is 23.6 Å². The largest absolute Gasteiger partial charge is 0.497 e. The monoisotopic (exact) mass is 1870 g/mol. The maximum atomic E-state index is 14.0. The number of carbonyl (C=O) groups excluding carboxylic acids is 4. The van der Waals surface area contributed by atoms with Gasteiger partial charge in [0.15, 0.2) is 0 Å². The first-order valence-corrected chi connectivity index (χ1v) is 48.8. The summed E-state index contributed by atoms with van der Waals surface area (Å²) in [5.74, 6) is 2.73. The molecular formula is C106H122F12N12O5. The highest BCUT2D eigenvalue weighted by Crippen LogP contribution is 2.60. The number of ether oxygens (including phenoxy) is 1. The quantitative estimate of drug-likeness (QED) is 0.0669. The second-order valence-electron chi connectivity index (χ2n) is 41.0. The number of fused-ring (bicyclic) bond motifs is 9. The summed E-state index contributed by atoms with van der Waals surface area (Å²) < 4.78 is 163. The Labute approximate surface area is 781 Å². The van der Waals surface area contributed by atoms with Gasteiger partial charge in [0.25, 0.3) is 0 Å². The first kappa shape index (κ1) is 95.5. The number of alkyl halides is 12. The summed E-state index contributed by atoms with van der Waals surface area (Å²) in [5.41, 5.74) is 9.27.